The van der Waals surface area contributed by atoms with Crippen molar-refractivity contribution in [1.82, 2.24) is 4.90 Å². The Hall–Kier alpha value is -1.26. The summed E-state index contributed by atoms with van der Waals surface area (Å²) in [5.41, 5.74) is -0.539. The van der Waals surface area contributed by atoms with Gasteiger partial charge in [-0.15, -0.1) is 0 Å². The van der Waals surface area contributed by atoms with Gasteiger partial charge in [-0.2, -0.15) is 0 Å². The summed E-state index contributed by atoms with van der Waals surface area (Å²) in [7, 11) is 0. The summed E-state index contributed by atoms with van der Waals surface area (Å²) in [5.74, 6) is -0.955. The molecule has 1 aliphatic heterocycles. The van der Waals surface area contributed by atoms with Gasteiger partial charge in [0.1, 0.15) is 5.60 Å². The summed E-state index contributed by atoms with van der Waals surface area (Å²) >= 11 is 0. The maximum absolute atomic E-state index is 12.2. The van der Waals surface area contributed by atoms with E-state index in [4.69, 9.17) is 4.74 Å². The molecule has 2 fully saturated rings. The third kappa shape index (κ3) is 3.39. The van der Waals surface area contributed by atoms with Crippen LogP contribution in [0.5, 0.6) is 0 Å². The lowest BCUT2D eigenvalue weighted by atomic mass is 9.93. The second-order valence-electron chi connectivity index (χ2n) is 6.58. The fourth-order valence-corrected chi connectivity index (χ4v) is 2.85. The summed E-state index contributed by atoms with van der Waals surface area (Å²) in [6, 6.07) is -0.195. The van der Waals surface area contributed by atoms with Gasteiger partial charge in [0.2, 0.25) is 0 Å². The first-order valence-corrected chi connectivity index (χ1v) is 7.02. The van der Waals surface area contributed by atoms with E-state index in [2.05, 4.69) is 0 Å². The van der Waals surface area contributed by atoms with Gasteiger partial charge in [0, 0.05) is 12.6 Å². The van der Waals surface area contributed by atoms with Crippen molar-refractivity contribution in [2.24, 2.45) is 11.8 Å². The zero-order chi connectivity index (χ0) is 14.2. The number of amides is 1. The van der Waals surface area contributed by atoms with E-state index >= 15 is 0 Å². The highest BCUT2D eigenvalue weighted by molar-refractivity contribution is 5.74. The number of carboxylic acids is 1. The molecule has 0 aromatic heterocycles. The van der Waals surface area contributed by atoms with Crippen LogP contribution in [0, 0.1) is 11.8 Å². The highest BCUT2D eigenvalue weighted by Crippen LogP contribution is 2.42. The van der Waals surface area contributed by atoms with E-state index in [1.165, 1.54) is 0 Å². The molecule has 108 valence electrons. The normalized spacial score (nSPS) is 25.2. The molecule has 19 heavy (non-hydrogen) atoms. The molecule has 2 atom stereocenters. The summed E-state index contributed by atoms with van der Waals surface area (Å²) in [4.78, 5) is 25.2. The molecule has 1 saturated carbocycles. The minimum atomic E-state index is -0.775. The second-order valence-corrected chi connectivity index (χ2v) is 6.58. The van der Waals surface area contributed by atoms with Crippen LogP contribution < -0.4 is 0 Å². The molecule has 1 aliphatic carbocycles. The van der Waals surface area contributed by atoms with Crippen LogP contribution in [-0.2, 0) is 9.53 Å². The van der Waals surface area contributed by atoms with Crippen LogP contribution in [0.15, 0.2) is 0 Å². The topological polar surface area (TPSA) is 66.8 Å². The zero-order valence-electron chi connectivity index (χ0n) is 11.9. The molecular formula is C14H23NO4. The molecule has 5 nitrogen and oxygen atoms in total. The standard InChI is InChI=1S/C14H23NO4/c1-14(2,3)19-13(18)15-8-4-5-10(15)11(12(16)17)9-6-7-9/h9-11H,4-8H2,1-3H3,(H,16,17). The molecule has 1 amide bonds. The van der Waals surface area contributed by atoms with Crippen molar-refractivity contribution >= 4 is 12.1 Å². The minimum absolute atomic E-state index is 0.195. The number of ether oxygens (including phenoxy) is 1. The molecule has 0 aromatic carbocycles. The molecule has 2 rings (SSSR count). The number of rotatable bonds is 3. The smallest absolute Gasteiger partial charge is 0.410 e. The number of carbonyl (C=O) groups is 2. The third-order valence-corrected chi connectivity index (χ3v) is 3.76. The van der Waals surface area contributed by atoms with E-state index in [1.807, 2.05) is 20.8 Å². The third-order valence-electron chi connectivity index (χ3n) is 3.76. The van der Waals surface area contributed by atoms with Gasteiger partial charge in [-0.25, -0.2) is 4.79 Å². The maximum Gasteiger partial charge on any atom is 0.410 e. The van der Waals surface area contributed by atoms with Crippen LogP contribution in [0.2, 0.25) is 0 Å². The number of likely N-dealkylation sites (tertiary alicyclic amines) is 1. The van der Waals surface area contributed by atoms with Crippen molar-refractivity contribution in [2.45, 2.75) is 58.1 Å². The van der Waals surface area contributed by atoms with Crippen LogP contribution in [0.1, 0.15) is 46.5 Å². The Labute approximate surface area is 113 Å². The number of hydrogen-bond acceptors (Lipinski definition) is 3. The number of carbonyl (C=O) groups excluding carboxylic acids is 1. The molecule has 5 heteroatoms. The van der Waals surface area contributed by atoms with Crippen molar-refractivity contribution in [3.05, 3.63) is 0 Å². The van der Waals surface area contributed by atoms with E-state index < -0.39 is 17.5 Å². The number of carboxylic acid groups (broad SMARTS) is 1. The van der Waals surface area contributed by atoms with E-state index in [0.29, 0.717) is 6.54 Å². The molecule has 0 aromatic rings. The number of nitrogens with zero attached hydrogens (tertiary/aromatic N) is 1. The van der Waals surface area contributed by atoms with Gasteiger partial charge >= 0.3 is 12.1 Å². The zero-order valence-corrected chi connectivity index (χ0v) is 11.9. The van der Waals surface area contributed by atoms with Gasteiger partial charge in [-0.05, 0) is 52.4 Å². The SMILES string of the molecule is CC(C)(C)OC(=O)N1CCCC1C(C(=O)O)C1CC1. The average Bonchev–Trinajstić information content (AvgIpc) is 2.92. The molecule has 0 spiro atoms. The lowest BCUT2D eigenvalue weighted by Crippen LogP contribution is -2.45. The number of aliphatic carboxylic acids is 1. The van der Waals surface area contributed by atoms with Gasteiger partial charge in [0.25, 0.3) is 0 Å². The molecule has 1 N–H and O–H groups in total. The van der Waals surface area contributed by atoms with E-state index in [9.17, 15) is 14.7 Å². The Kier molecular flexibility index (Phi) is 3.74. The lowest BCUT2D eigenvalue weighted by molar-refractivity contribution is -0.144. The predicted octanol–water partition coefficient (Wildman–Crippen LogP) is 2.50. The molecule has 2 aliphatic rings. The Balaban J connectivity index is 2.07. The quantitative estimate of drug-likeness (QED) is 0.854. The van der Waals surface area contributed by atoms with E-state index in [0.717, 1.165) is 25.7 Å². The largest absolute Gasteiger partial charge is 0.481 e. The van der Waals surface area contributed by atoms with Crippen LogP contribution in [0.3, 0.4) is 0 Å². The summed E-state index contributed by atoms with van der Waals surface area (Å²) in [5, 5.41) is 9.40. The van der Waals surface area contributed by atoms with Gasteiger partial charge < -0.3 is 14.7 Å². The fraction of sp³-hybridized carbons (Fsp3) is 0.857. The first kappa shape index (κ1) is 14.2. The van der Waals surface area contributed by atoms with Crippen LogP contribution in [-0.4, -0.2) is 40.3 Å². The summed E-state index contributed by atoms with van der Waals surface area (Å²) in [6.07, 6.45) is 3.19. The van der Waals surface area contributed by atoms with Gasteiger partial charge in [0.15, 0.2) is 0 Å². The first-order valence-electron chi connectivity index (χ1n) is 7.02. The Morgan fingerprint density at radius 1 is 1.26 bits per heavy atom. The monoisotopic (exact) mass is 269 g/mol. The van der Waals surface area contributed by atoms with Gasteiger partial charge in [-0.1, -0.05) is 0 Å². The van der Waals surface area contributed by atoms with Crippen LogP contribution in [0.4, 0.5) is 4.79 Å². The van der Waals surface area contributed by atoms with Crippen molar-refractivity contribution in [2.75, 3.05) is 6.54 Å². The highest BCUT2D eigenvalue weighted by Gasteiger charge is 2.47. The summed E-state index contributed by atoms with van der Waals surface area (Å²) < 4.78 is 5.38. The molecule has 2 unspecified atom stereocenters. The maximum atomic E-state index is 12.2. The van der Waals surface area contributed by atoms with E-state index in [-0.39, 0.29) is 18.1 Å². The predicted molar refractivity (Wildman–Crippen MR) is 69.8 cm³/mol. The minimum Gasteiger partial charge on any atom is -0.481 e. The first-order chi connectivity index (χ1) is 8.79. The lowest BCUT2D eigenvalue weighted by Gasteiger charge is -2.31. The fourth-order valence-electron chi connectivity index (χ4n) is 2.85. The van der Waals surface area contributed by atoms with Crippen molar-refractivity contribution in [1.29, 1.82) is 0 Å². The Morgan fingerprint density at radius 3 is 2.37 bits per heavy atom. The van der Waals surface area contributed by atoms with Gasteiger partial charge in [-0.3, -0.25) is 4.79 Å². The van der Waals surface area contributed by atoms with Crippen molar-refractivity contribution < 1.29 is 19.4 Å². The van der Waals surface area contributed by atoms with Crippen LogP contribution >= 0.6 is 0 Å². The average molecular weight is 269 g/mol. The molecular weight excluding hydrogens is 246 g/mol. The van der Waals surface area contributed by atoms with Gasteiger partial charge in [0.05, 0.1) is 5.92 Å². The molecule has 0 bridgehead atoms. The Bertz CT molecular complexity index is 370. The number of hydrogen-bond donors (Lipinski definition) is 1. The molecule has 0 radical (unpaired) electrons. The summed E-state index contributed by atoms with van der Waals surface area (Å²) in [6.45, 7) is 6.08. The Morgan fingerprint density at radius 2 is 1.89 bits per heavy atom. The highest BCUT2D eigenvalue weighted by atomic mass is 16.6. The van der Waals surface area contributed by atoms with Crippen molar-refractivity contribution in [3.8, 4) is 0 Å². The second kappa shape index (κ2) is 5.02. The van der Waals surface area contributed by atoms with E-state index in [1.54, 1.807) is 4.90 Å². The molecule has 1 heterocycles. The van der Waals surface area contributed by atoms with Crippen LogP contribution in [0.25, 0.3) is 0 Å². The molecule has 1 saturated heterocycles. The van der Waals surface area contributed by atoms with Crippen molar-refractivity contribution in [3.63, 3.8) is 0 Å².